The van der Waals surface area contributed by atoms with E-state index < -0.39 is 0 Å². The third-order valence-electron chi connectivity index (χ3n) is 1.64. The van der Waals surface area contributed by atoms with E-state index in [1.807, 2.05) is 0 Å². The Kier molecular flexibility index (Phi) is 2.49. The van der Waals surface area contributed by atoms with Gasteiger partial charge in [-0.1, -0.05) is 6.92 Å². The quantitative estimate of drug-likeness (QED) is 0.574. The van der Waals surface area contributed by atoms with Gasteiger partial charge in [-0.25, -0.2) is 0 Å². The van der Waals surface area contributed by atoms with Gasteiger partial charge < -0.3 is 10.4 Å². The maximum absolute atomic E-state index is 8.63. The topological polar surface area (TPSA) is 32.3 Å². The standard InChI is InChI=1S/C7H15NO/c1-6(5-9)4-8-7-2-3-7/h6-9H,2-5H2,1H3. The Morgan fingerprint density at radius 3 is 2.78 bits per heavy atom. The van der Waals surface area contributed by atoms with Gasteiger partial charge >= 0.3 is 0 Å². The number of hydrogen-bond donors (Lipinski definition) is 2. The largest absolute Gasteiger partial charge is 0.396 e. The summed E-state index contributed by atoms with van der Waals surface area (Å²) < 4.78 is 0. The van der Waals surface area contributed by atoms with Gasteiger partial charge in [-0.3, -0.25) is 0 Å². The highest BCUT2D eigenvalue weighted by Gasteiger charge is 2.20. The molecular weight excluding hydrogens is 114 g/mol. The normalized spacial score (nSPS) is 22.0. The Labute approximate surface area is 56.3 Å². The highest BCUT2D eigenvalue weighted by atomic mass is 16.3. The Hall–Kier alpha value is -0.0800. The lowest BCUT2D eigenvalue weighted by molar-refractivity contribution is 0.233. The number of aliphatic hydroxyl groups is 1. The molecule has 0 bridgehead atoms. The summed E-state index contributed by atoms with van der Waals surface area (Å²) in [7, 11) is 0. The molecule has 0 aromatic rings. The van der Waals surface area contributed by atoms with Crippen LogP contribution in [0.3, 0.4) is 0 Å². The molecule has 1 aliphatic rings. The molecule has 1 unspecified atom stereocenters. The predicted octanol–water partition coefficient (Wildman–Crippen LogP) is 0.367. The molecule has 0 aliphatic heterocycles. The van der Waals surface area contributed by atoms with E-state index in [2.05, 4.69) is 12.2 Å². The lowest BCUT2D eigenvalue weighted by Crippen LogP contribution is -2.24. The zero-order chi connectivity index (χ0) is 6.69. The smallest absolute Gasteiger partial charge is 0.0468 e. The van der Waals surface area contributed by atoms with Crippen molar-refractivity contribution in [2.45, 2.75) is 25.8 Å². The van der Waals surface area contributed by atoms with Crippen LogP contribution in [0.2, 0.25) is 0 Å². The molecular formula is C7H15NO. The van der Waals surface area contributed by atoms with E-state index in [0.717, 1.165) is 12.6 Å². The van der Waals surface area contributed by atoms with Crippen LogP contribution in [0.25, 0.3) is 0 Å². The minimum absolute atomic E-state index is 0.305. The maximum Gasteiger partial charge on any atom is 0.0468 e. The summed E-state index contributed by atoms with van der Waals surface area (Å²) in [5.74, 6) is 0.422. The highest BCUT2D eigenvalue weighted by molar-refractivity contribution is 4.81. The zero-order valence-corrected chi connectivity index (χ0v) is 5.93. The van der Waals surface area contributed by atoms with Gasteiger partial charge in [-0.05, 0) is 18.8 Å². The number of nitrogens with one attached hydrogen (secondary N) is 1. The van der Waals surface area contributed by atoms with Crippen LogP contribution in [0.15, 0.2) is 0 Å². The van der Waals surface area contributed by atoms with Crippen LogP contribution in [0.1, 0.15) is 19.8 Å². The van der Waals surface area contributed by atoms with Crippen LogP contribution in [-0.4, -0.2) is 24.3 Å². The summed E-state index contributed by atoms with van der Waals surface area (Å²) in [6, 6.07) is 0.777. The van der Waals surface area contributed by atoms with Gasteiger partial charge in [0, 0.05) is 19.2 Å². The molecule has 2 N–H and O–H groups in total. The fourth-order valence-electron chi connectivity index (χ4n) is 0.720. The first kappa shape index (κ1) is 7.03. The van der Waals surface area contributed by atoms with Gasteiger partial charge in [-0.15, -0.1) is 0 Å². The maximum atomic E-state index is 8.63. The molecule has 1 rings (SSSR count). The highest BCUT2D eigenvalue weighted by Crippen LogP contribution is 2.18. The summed E-state index contributed by atoms with van der Waals surface area (Å²) in [5.41, 5.74) is 0. The Morgan fingerprint density at radius 1 is 1.67 bits per heavy atom. The molecule has 1 fully saturated rings. The Morgan fingerprint density at radius 2 is 2.33 bits per heavy atom. The van der Waals surface area contributed by atoms with Crippen LogP contribution >= 0.6 is 0 Å². The van der Waals surface area contributed by atoms with Gasteiger partial charge in [0.25, 0.3) is 0 Å². The van der Waals surface area contributed by atoms with Crippen molar-refractivity contribution in [2.24, 2.45) is 5.92 Å². The van der Waals surface area contributed by atoms with E-state index in [1.165, 1.54) is 12.8 Å². The summed E-state index contributed by atoms with van der Waals surface area (Å²) in [6.07, 6.45) is 2.66. The first-order chi connectivity index (χ1) is 4.33. The molecule has 2 heteroatoms. The monoisotopic (exact) mass is 129 g/mol. The van der Waals surface area contributed by atoms with E-state index in [1.54, 1.807) is 0 Å². The number of rotatable bonds is 4. The second-order valence-electron chi connectivity index (χ2n) is 2.97. The first-order valence-electron chi connectivity index (χ1n) is 3.67. The molecule has 2 nitrogen and oxygen atoms in total. The van der Waals surface area contributed by atoms with Gasteiger partial charge in [0.2, 0.25) is 0 Å². The van der Waals surface area contributed by atoms with Crippen molar-refractivity contribution in [1.82, 2.24) is 5.32 Å². The number of aliphatic hydroxyl groups excluding tert-OH is 1. The van der Waals surface area contributed by atoms with Crippen molar-refractivity contribution in [1.29, 1.82) is 0 Å². The van der Waals surface area contributed by atoms with Crippen molar-refractivity contribution >= 4 is 0 Å². The van der Waals surface area contributed by atoms with Crippen LogP contribution in [0, 0.1) is 5.92 Å². The van der Waals surface area contributed by atoms with Gasteiger partial charge in [0.05, 0.1) is 0 Å². The lowest BCUT2D eigenvalue weighted by atomic mass is 10.2. The summed E-state index contributed by atoms with van der Waals surface area (Å²) in [4.78, 5) is 0. The molecule has 0 saturated heterocycles. The van der Waals surface area contributed by atoms with Crippen LogP contribution in [-0.2, 0) is 0 Å². The number of hydrogen-bond acceptors (Lipinski definition) is 2. The van der Waals surface area contributed by atoms with Crippen LogP contribution in [0.5, 0.6) is 0 Å². The van der Waals surface area contributed by atoms with Crippen LogP contribution in [0.4, 0.5) is 0 Å². The average Bonchev–Trinajstić information content (AvgIpc) is 2.65. The van der Waals surface area contributed by atoms with E-state index in [0.29, 0.717) is 12.5 Å². The minimum Gasteiger partial charge on any atom is -0.396 e. The molecule has 9 heavy (non-hydrogen) atoms. The van der Waals surface area contributed by atoms with Crippen molar-refractivity contribution in [2.75, 3.05) is 13.2 Å². The second-order valence-corrected chi connectivity index (χ2v) is 2.97. The molecule has 0 heterocycles. The molecule has 1 saturated carbocycles. The third-order valence-corrected chi connectivity index (χ3v) is 1.64. The molecule has 0 spiro atoms. The predicted molar refractivity (Wildman–Crippen MR) is 37.3 cm³/mol. The Balaban J connectivity index is 1.90. The van der Waals surface area contributed by atoms with E-state index in [9.17, 15) is 0 Å². The molecule has 0 amide bonds. The fourth-order valence-corrected chi connectivity index (χ4v) is 0.720. The first-order valence-corrected chi connectivity index (χ1v) is 3.67. The van der Waals surface area contributed by atoms with Gasteiger partial charge in [0.1, 0.15) is 0 Å². The minimum atomic E-state index is 0.305. The zero-order valence-electron chi connectivity index (χ0n) is 5.93. The summed E-state index contributed by atoms with van der Waals surface area (Å²) >= 11 is 0. The molecule has 54 valence electrons. The van der Waals surface area contributed by atoms with E-state index >= 15 is 0 Å². The SMILES string of the molecule is CC(CO)CNC1CC1. The molecule has 0 radical (unpaired) electrons. The molecule has 0 aromatic carbocycles. The van der Waals surface area contributed by atoms with Crippen molar-refractivity contribution < 1.29 is 5.11 Å². The molecule has 1 aliphatic carbocycles. The summed E-state index contributed by atoms with van der Waals surface area (Å²) in [6.45, 7) is 3.33. The average molecular weight is 129 g/mol. The molecule has 1 atom stereocenters. The van der Waals surface area contributed by atoms with Crippen LogP contribution < -0.4 is 5.32 Å². The van der Waals surface area contributed by atoms with Gasteiger partial charge in [0.15, 0.2) is 0 Å². The van der Waals surface area contributed by atoms with Gasteiger partial charge in [-0.2, -0.15) is 0 Å². The third kappa shape index (κ3) is 2.82. The van der Waals surface area contributed by atoms with E-state index in [-0.39, 0.29) is 0 Å². The Bertz CT molecular complexity index is 81.0. The van der Waals surface area contributed by atoms with Crippen molar-refractivity contribution in [3.8, 4) is 0 Å². The fraction of sp³-hybridized carbons (Fsp3) is 1.00. The second kappa shape index (κ2) is 3.18. The van der Waals surface area contributed by atoms with Crippen molar-refractivity contribution in [3.63, 3.8) is 0 Å². The summed E-state index contributed by atoms with van der Waals surface area (Å²) in [5, 5.41) is 12.0. The molecule has 0 aromatic heterocycles. The lowest BCUT2D eigenvalue weighted by Gasteiger charge is -2.07. The van der Waals surface area contributed by atoms with E-state index in [4.69, 9.17) is 5.11 Å². The van der Waals surface area contributed by atoms with Crippen molar-refractivity contribution in [3.05, 3.63) is 0 Å².